The minimum Gasteiger partial charge on any atom is -0.297 e. The van der Waals surface area contributed by atoms with Crippen LogP contribution in [-0.2, 0) is 0 Å². The van der Waals surface area contributed by atoms with E-state index in [1.807, 2.05) is 0 Å². The van der Waals surface area contributed by atoms with Crippen LogP contribution in [0.25, 0.3) is 0 Å². The van der Waals surface area contributed by atoms with Crippen LogP contribution in [0.3, 0.4) is 0 Å². The predicted octanol–water partition coefficient (Wildman–Crippen LogP) is 2.91. The first-order valence-corrected chi connectivity index (χ1v) is 5.46. The Balaban J connectivity index is 2.47. The Hall–Kier alpha value is -0.0400. The highest BCUT2D eigenvalue weighted by Gasteiger charge is 2.32. The number of rotatable bonds is 5. The van der Waals surface area contributed by atoms with Crippen LogP contribution in [0.2, 0.25) is 0 Å². The molecule has 1 atom stereocenters. The van der Waals surface area contributed by atoms with Crippen molar-refractivity contribution >= 4 is 0 Å². The Kier molecular flexibility index (Phi) is 3.57. The molecule has 72 valence electrons. The summed E-state index contributed by atoms with van der Waals surface area (Å²) in [6.07, 6.45) is 4.19. The molecule has 1 rings (SSSR count). The molecule has 12 heavy (non-hydrogen) atoms. The molecule has 1 unspecified atom stereocenters. The Bertz CT molecular complexity index is 119. The molecule has 0 bridgehead atoms. The highest BCUT2D eigenvalue weighted by Crippen LogP contribution is 2.31. The fraction of sp³-hybridized carbons (Fsp3) is 1.00. The first kappa shape index (κ1) is 10.0. The molecule has 1 heteroatoms. The Labute approximate surface area is 77.1 Å². The van der Waals surface area contributed by atoms with E-state index in [0.717, 1.165) is 18.0 Å². The quantitative estimate of drug-likeness (QED) is 0.611. The van der Waals surface area contributed by atoms with Gasteiger partial charge in [-0.25, -0.2) is 0 Å². The Morgan fingerprint density at radius 1 is 1.25 bits per heavy atom. The van der Waals surface area contributed by atoms with E-state index in [0.29, 0.717) is 0 Å². The Morgan fingerprint density at radius 3 is 2.08 bits per heavy atom. The maximum atomic E-state index is 2.70. The molecule has 1 nitrogen and oxygen atoms in total. The van der Waals surface area contributed by atoms with E-state index in [-0.39, 0.29) is 0 Å². The third-order valence-electron chi connectivity index (χ3n) is 2.99. The van der Waals surface area contributed by atoms with E-state index in [1.54, 1.807) is 0 Å². The van der Waals surface area contributed by atoms with Crippen molar-refractivity contribution < 1.29 is 0 Å². The maximum Gasteiger partial charge on any atom is 0.0118 e. The summed E-state index contributed by atoms with van der Waals surface area (Å²) in [5, 5.41) is 0. The molecule has 0 amide bonds. The predicted molar refractivity (Wildman–Crippen MR) is 54.3 cm³/mol. The van der Waals surface area contributed by atoms with E-state index < -0.39 is 0 Å². The fourth-order valence-electron chi connectivity index (χ4n) is 2.26. The van der Waals surface area contributed by atoms with Crippen LogP contribution in [0.15, 0.2) is 0 Å². The van der Waals surface area contributed by atoms with E-state index in [1.165, 1.54) is 25.8 Å². The summed E-state index contributed by atoms with van der Waals surface area (Å²) in [4.78, 5) is 2.70. The van der Waals surface area contributed by atoms with E-state index in [9.17, 15) is 0 Å². The van der Waals surface area contributed by atoms with Crippen molar-refractivity contribution in [1.29, 1.82) is 0 Å². The van der Waals surface area contributed by atoms with Crippen molar-refractivity contribution in [3.8, 4) is 0 Å². The number of nitrogens with zero attached hydrogens (tertiary/aromatic N) is 1. The summed E-state index contributed by atoms with van der Waals surface area (Å²) < 4.78 is 0. The number of hydrogen-bond acceptors (Lipinski definition) is 1. The normalized spacial score (nSPS) is 20.5. The molecule has 1 aliphatic carbocycles. The van der Waals surface area contributed by atoms with Crippen molar-refractivity contribution in [1.82, 2.24) is 4.90 Å². The van der Waals surface area contributed by atoms with Gasteiger partial charge < -0.3 is 0 Å². The monoisotopic (exact) mass is 169 g/mol. The van der Waals surface area contributed by atoms with Crippen LogP contribution in [0.1, 0.15) is 47.0 Å². The molecule has 0 aromatic heterocycles. The van der Waals surface area contributed by atoms with Crippen molar-refractivity contribution in [3.05, 3.63) is 0 Å². The van der Waals surface area contributed by atoms with Gasteiger partial charge in [-0.1, -0.05) is 27.7 Å². The summed E-state index contributed by atoms with van der Waals surface area (Å²) in [6, 6.07) is 1.75. The topological polar surface area (TPSA) is 3.24 Å². The van der Waals surface area contributed by atoms with E-state index in [2.05, 4.69) is 32.6 Å². The lowest BCUT2D eigenvalue weighted by Crippen LogP contribution is -2.39. The summed E-state index contributed by atoms with van der Waals surface area (Å²) >= 11 is 0. The lowest BCUT2D eigenvalue weighted by Gasteiger charge is -2.33. The molecule has 0 aromatic rings. The molecule has 0 radical (unpaired) electrons. The van der Waals surface area contributed by atoms with Crippen LogP contribution in [0, 0.1) is 5.92 Å². The summed E-state index contributed by atoms with van der Waals surface area (Å²) in [6.45, 7) is 10.5. The van der Waals surface area contributed by atoms with E-state index >= 15 is 0 Å². The average molecular weight is 169 g/mol. The molecule has 0 N–H and O–H groups in total. The van der Waals surface area contributed by atoms with Crippen molar-refractivity contribution in [2.45, 2.75) is 59.0 Å². The van der Waals surface area contributed by atoms with Gasteiger partial charge in [-0.3, -0.25) is 4.90 Å². The lowest BCUT2D eigenvalue weighted by atomic mass is 10.00. The van der Waals surface area contributed by atoms with Gasteiger partial charge in [0.2, 0.25) is 0 Å². The van der Waals surface area contributed by atoms with Crippen molar-refractivity contribution in [2.24, 2.45) is 5.92 Å². The highest BCUT2D eigenvalue weighted by molar-refractivity contribution is 4.88. The molecule has 0 aliphatic heterocycles. The zero-order valence-electron chi connectivity index (χ0n) is 9.01. The molecule has 1 fully saturated rings. The maximum absolute atomic E-state index is 2.70. The van der Waals surface area contributed by atoms with E-state index in [4.69, 9.17) is 0 Å². The fourth-order valence-corrected chi connectivity index (χ4v) is 2.26. The van der Waals surface area contributed by atoms with Crippen molar-refractivity contribution in [2.75, 3.05) is 6.54 Å². The standard InChI is InChI=1S/C11H23N/c1-5-11(9(3)4)12(6-2)10-7-8-10/h9-11H,5-8H2,1-4H3. The molecule has 0 aromatic carbocycles. The first-order valence-electron chi connectivity index (χ1n) is 5.46. The number of hydrogen-bond donors (Lipinski definition) is 0. The molecule has 1 aliphatic rings. The molecule has 1 saturated carbocycles. The molecular weight excluding hydrogens is 146 g/mol. The minimum atomic E-state index is 0.815. The summed E-state index contributed by atoms with van der Waals surface area (Å²) in [7, 11) is 0. The third kappa shape index (κ3) is 2.22. The van der Waals surface area contributed by atoms with Crippen molar-refractivity contribution in [3.63, 3.8) is 0 Å². The van der Waals surface area contributed by atoms with Gasteiger partial charge in [0.05, 0.1) is 0 Å². The van der Waals surface area contributed by atoms with Crippen LogP contribution in [0.4, 0.5) is 0 Å². The summed E-state index contributed by atoms with van der Waals surface area (Å²) in [5.41, 5.74) is 0. The van der Waals surface area contributed by atoms with Gasteiger partial charge in [-0.15, -0.1) is 0 Å². The first-order chi connectivity index (χ1) is 5.70. The van der Waals surface area contributed by atoms with Gasteiger partial charge >= 0.3 is 0 Å². The second kappa shape index (κ2) is 4.27. The SMILES string of the molecule is CCC(C(C)C)N(CC)C1CC1. The van der Waals surface area contributed by atoms with Gasteiger partial charge in [0.15, 0.2) is 0 Å². The molecule has 0 spiro atoms. The van der Waals surface area contributed by atoms with Gasteiger partial charge in [-0.2, -0.15) is 0 Å². The minimum absolute atomic E-state index is 0.815. The largest absolute Gasteiger partial charge is 0.297 e. The average Bonchev–Trinajstić information content (AvgIpc) is 2.81. The van der Waals surface area contributed by atoms with Gasteiger partial charge in [0.1, 0.15) is 0 Å². The molecular formula is C11H23N. The van der Waals surface area contributed by atoms with Crippen LogP contribution in [0.5, 0.6) is 0 Å². The smallest absolute Gasteiger partial charge is 0.0118 e. The highest BCUT2D eigenvalue weighted by atomic mass is 15.2. The molecule has 0 heterocycles. The van der Waals surface area contributed by atoms with Crippen LogP contribution < -0.4 is 0 Å². The lowest BCUT2D eigenvalue weighted by molar-refractivity contribution is 0.149. The van der Waals surface area contributed by atoms with Gasteiger partial charge in [0.25, 0.3) is 0 Å². The van der Waals surface area contributed by atoms with Gasteiger partial charge in [-0.05, 0) is 31.7 Å². The van der Waals surface area contributed by atoms with Crippen LogP contribution >= 0.6 is 0 Å². The van der Waals surface area contributed by atoms with Gasteiger partial charge in [0, 0.05) is 12.1 Å². The zero-order chi connectivity index (χ0) is 9.14. The Morgan fingerprint density at radius 2 is 1.83 bits per heavy atom. The van der Waals surface area contributed by atoms with Crippen LogP contribution in [-0.4, -0.2) is 23.5 Å². The second-order valence-electron chi connectivity index (χ2n) is 4.28. The zero-order valence-corrected chi connectivity index (χ0v) is 9.01. The summed E-state index contributed by atoms with van der Waals surface area (Å²) in [5.74, 6) is 0.815. The molecule has 0 saturated heterocycles. The second-order valence-corrected chi connectivity index (χ2v) is 4.28. The third-order valence-corrected chi connectivity index (χ3v) is 2.99.